The van der Waals surface area contributed by atoms with Gasteiger partial charge in [0, 0.05) is 14.8 Å². The minimum absolute atomic E-state index is 0.177. The fourth-order valence-electron chi connectivity index (χ4n) is 1.42. The van der Waals surface area contributed by atoms with Gasteiger partial charge in [0.2, 0.25) is 0 Å². The number of aromatic nitrogens is 1. The van der Waals surface area contributed by atoms with Crippen LogP contribution in [0, 0.1) is 3.57 Å². The van der Waals surface area contributed by atoms with E-state index in [0.29, 0.717) is 10.7 Å². The van der Waals surface area contributed by atoms with Gasteiger partial charge in [-0.3, -0.25) is 4.98 Å². The van der Waals surface area contributed by atoms with E-state index in [9.17, 15) is 4.79 Å². The van der Waals surface area contributed by atoms with Crippen LogP contribution in [-0.4, -0.2) is 16.1 Å². The highest BCUT2D eigenvalue weighted by Gasteiger charge is 2.10. The third-order valence-corrected chi connectivity index (χ3v) is 3.38. The molecule has 1 aromatic heterocycles. The molecule has 18 heavy (non-hydrogen) atoms. The van der Waals surface area contributed by atoms with E-state index in [-0.39, 0.29) is 5.56 Å². The van der Waals surface area contributed by atoms with Gasteiger partial charge in [-0.25, -0.2) is 4.79 Å². The first-order valence-electron chi connectivity index (χ1n) is 4.97. The maximum Gasteiger partial charge on any atom is 0.337 e. The third kappa shape index (κ3) is 2.91. The van der Waals surface area contributed by atoms with Crippen LogP contribution in [-0.2, 0) is 0 Å². The number of benzene rings is 1. The Hall–Kier alpha value is -1.34. The lowest BCUT2D eigenvalue weighted by atomic mass is 10.2. The summed E-state index contributed by atoms with van der Waals surface area (Å²) in [6.07, 6.45) is 2.93. The fourth-order valence-corrected chi connectivity index (χ4v) is 2.42. The Morgan fingerprint density at radius 3 is 2.78 bits per heavy atom. The molecule has 1 heterocycles. The topological polar surface area (TPSA) is 62.2 Å². The second-order valence-corrected chi connectivity index (χ2v) is 5.07. The molecule has 1 aromatic carbocycles. The molecule has 2 aromatic rings. The van der Waals surface area contributed by atoms with E-state index in [1.54, 1.807) is 18.2 Å². The van der Waals surface area contributed by atoms with Crippen LogP contribution in [0.3, 0.4) is 0 Å². The maximum absolute atomic E-state index is 11.1. The number of anilines is 2. The number of rotatable bonds is 3. The molecule has 0 aliphatic heterocycles. The Morgan fingerprint density at radius 1 is 1.33 bits per heavy atom. The van der Waals surface area contributed by atoms with Crippen LogP contribution in [0.15, 0.2) is 36.7 Å². The van der Waals surface area contributed by atoms with Crippen LogP contribution in [0.25, 0.3) is 0 Å². The SMILES string of the molecule is O=C(O)c1ccncc1Nc1ccc(Cl)cc1I. The molecular formula is C12H8ClIN2O2. The van der Waals surface area contributed by atoms with E-state index in [2.05, 4.69) is 32.9 Å². The summed E-state index contributed by atoms with van der Waals surface area (Å²) in [5, 5.41) is 12.7. The number of aromatic carboxylic acids is 1. The van der Waals surface area contributed by atoms with Crippen LogP contribution < -0.4 is 5.32 Å². The number of hydrogen-bond donors (Lipinski definition) is 2. The molecule has 0 atom stereocenters. The number of carboxylic acids is 1. The van der Waals surface area contributed by atoms with Gasteiger partial charge in [0.05, 0.1) is 23.1 Å². The highest BCUT2D eigenvalue weighted by Crippen LogP contribution is 2.26. The zero-order valence-electron chi connectivity index (χ0n) is 9.02. The average molecular weight is 375 g/mol. The molecule has 0 fully saturated rings. The summed E-state index contributed by atoms with van der Waals surface area (Å²) in [5.74, 6) is -0.996. The minimum atomic E-state index is -0.996. The van der Waals surface area contributed by atoms with Gasteiger partial charge in [0.1, 0.15) is 0 Å². The first-order chi connectivity index (χ1) is 8.58. The number of carbonyl (C=O) groups is 1. The van der Waals surface area contributed by atoms with Crippen LogP contribution in [0.4, 0.5) is 11.4 Å². The minimum Gasteiger partial charge on any atom is -0.478 e. The van der Waals surface area contributed by atoms with Crippen LogP contribution in [0.5, 0.6) is 0 Å². The van der Waals surface area contributed by atoms with Gasteiger partial charge >= 0.3 is 5.97 Å². The summed E-state index contributed by atoms with van der Waals surface area (Å²) in [5.41, 5.74) is 1.41. The van der Waals surface area contributed by atoms with Crippen molar-refractivity contribution >= 4 is 51.5 Å². The van der Waals surface area contributed by atoms with Crippen molar-refractivity contribution in [3.63, 3.8) is 0 Å². The smallest absolute Gasteiger partial charge is 0.337 e. The quantitative estimate of drug-likeness (QED) is 0.803. The second-order valence-electron chi connectivity index (χ2n) is 3.48. The Kier molecular flexibility index (Phi) is 4.03. The molecule has 0 spiro atoms. The number of carboxylic acid groups (broad SMARTS) is 1. The van der Waals surface area contributed by atoms with Crippen molar-refractivity contribution in [2.24, 2.45) is 0 Å². The molecular weight excluding hydrogens is 367 g/mol. The third-order valence-electron chi connectivity index (χ3n) is 2.25. The first-order valence-corrected chi connectivity index (χ1v) is 6.43. The van der Waals surface area contributed by atoms with Gasteiger partial charge in [-0.15, -0.1) is 0 Å². The number of pyridine rings is 1. The lowest BCUT2D eigenvalue weighted by molar-refractivity contribution is 0.0698. The lowest BCUT2D eigenvalue weighted by Crippen LogP contribution is -2.03. The molecule has 92 valence electrons. The van der Waals surface area contributed by atoms with E-state index in [1.807, 2.05) is 0 Å². The van der Waals surface area contributed by atoms with Crippen molar-refractivity contribution in [2.75, 3.05) is 5.32 Å². The number of nitrogens with one attached hydrogen (secondary N) is 1. The van der Waals surface area contributed by atoms with Gasteiger partial charge in [0.25, 0.3) is 0 Å². The van der Waals surface area contributed by atoms with Gasteiger partial charge in [-0.05, 0) is 46.9 Å². The van der Waals surface area contributed by atoms with Crippen molar-refractivity contribution in [1.82, 2.24) is 4.98 Å². The zero-order valence-corrected chi connectivity index (χ0v) is 11.9. The molecule has 0 saturated heterocycles. The summed E-state index contributed by atoms with van der Waals surface area (Å²) >= 11 is 7.99. The summed E-state index contributed by atoms with van der Waals surface area (Å²) in [4.78, 5) is 15.0. The zero-order chi connectivity index (χ0) is 13.1. The van der Waals surface area contributed by atoms with E-state index in [0.717, 1.165) is 9.26 Å². The summed E-state index contributed by atoms with van der Waals surface area (Å²) in [6.45, 7) is 0. The van der Waals surface area contributed by atoms with E-state index >= 15 is 0 Å². The molecule has 0 unspecified atom stereocenters. The molecule has 2 rings (SSSR count). The van der Waals surface area contributed by atoms with E-state index in [1.165, 1.54) is 18.5 Å². The number of nitrogens with zero attached hydrogens (tertiary/aromatic N) is 1. The maximum atomic E-state index is 11.1. The molecule has 0 radical (unpaired) electrons. The molecule has 0 saturated carbocycles. The van der Waals surface area contributed by atoms with Crippen LogP contribution >= 0.6 is 34.2 Å². The summed E-state index contributed by atoms with van der Waals surface area (Å²) in [7, 11) is 0. The van der Waals surface area contributed by atoms with E-state index in [4.69, 9.17) is 16.7 Å². The predicted molar refractivity (Wildman–Crippen MR) is 78.6 cm³/mol. The number of hydrogen-bond acceptors (Lipinski definition) is 3. The molecule has 0 aliphatic carbocycles. The Labute approximate surface area is 122 Å². The molecule has 6 heteroatoms. The predicted octanol–water partition coefficient (Wildman–Crippen LogP) is 3.78. The summed E-state index contributed by atoms with van der Waals surface area (Å²) < 4.78 is 0.903. The molecule has 0 aliphatic rings. The molecule has 0 amide bonds. The van der Waals surface area contributed by atoms with Crippen LogP contribution in [0.2, 0.25) is 5.02 Å². The van der Waals surface area contributed by atoms with Crippen molar-refractivity contribution < 1.29 is 9.90 Å². The lowest BCUT2D eigenvalue weighted by Gasteiger charge is -2.10. The van der Waals surface area contributed by atoms with Gasteiger partial charge in [-0.2, -0.15) is 0 Å². The average Bonchev–Trinajstić information content (AvgIpc) is 2.33. The molecule has 2 N–H and O–H groups in total. The van der Waals surface area contributed by atoms with Crippen LogP contribution in [0.1, 0.15) is 10.4 Å². The Morgan fingerprint density at radius 2 is 2.11 bits per heavy atom. The van der Waals surface area contributed by atoms with Crippen molar-refractivity contribution in [3.05, 3.63) is 50.8 Å². The fraction of sp³-hybridized carbons (Fsp3) is 0. The first kappa shape index (κ1) is 13.1. The largest absolute Gasteiger partial charge is 0.478 e. The Balaban J connectivity index is 2.37. The monoisotopic (exact) mass is 374 g/mol. The van der Waals surface area contributed by atoms with Gasteiger partial charge in [-0.1, -0.05) is 11.6 Å². The van der Waals surface area contributed by atoms with Gasteiger partial charge in [0.15, 0.2) is 0 Å². The number of halogens is 2. The van der Waals surface area contributed by atoms with Crippen molar-refractivity contribution in [1.29, 1.82) is 0 Å². The normalized spacial score (nSPS) is 10.1. The summed E-state index contributed by atoms with van der Waals surface area (Å²) in [6, 6.07) is 6.78. The van der Waals surface area contributed by atoms with E-state index < -0.39 is 5.97 Å². The molecule has 4 nitrogen and oxygen atoms in total. The highest BCUT2D eigenvalue weighted by atomic mass is 127. The molecule has 0 bridgehead atoms. The highest BCUT2D eigenvalue weighted by molar-refractivity contribution is 14.1. The second kappa shape index (κ2) is 5.53. The van der Waals surface area contributed by atoms with Crippen molar-refractivity contribution in [2.45, 2.75) is 0 Å². The standard InChI is InChI=1S/C12H8ClIN2O2/c13-7-1-2-10(9(14)5-7)16-11-6-15-4-3-8(11)12(17)18/h1-6,16H,(H,17,18). The van der Waals surface area contributed by atoms with Gasteiger partial charge < -0.3 is 10.4 Å². The Bertz CT molecular complexity index is 604. The van der Waals surface area contributed by atoms with Crippen molar-refractivity contribution in [3.8, 4) is 0 Å².